The average Bonchev–Trinajstić information content (AvgIpc) is 3.17. The second-order valence-corrected chi connectivity index (χ2v) is 7.23. The van der Waals surface area contributed by atoms with Crippen LogP contribution >= 0.6 is 0 Å². The number of nitrogens with two attached hydrogens (primary N) is 1. The molecule has 1 saturated heterocycles. The minimum absolute atomic E-state index is 0.194. The minimum atomic E-state index is 0.194. The summed E-state index contributed by atoms with van der Waals surface area (Å²) in [6.45, 7) is 2.06. The molecule has 3 atom stereocenters. The fourth-order valence-corrected chi connectivity index (χ4v) is 4.99. The molecule has 0 amide bonds. The van der Waals surface area contributed by atoms with Gasteiger partial charge in [-0.25, -0.2) is 0 Å². The van der Waals surface area contributed by atoms with E-state index in [-0.39, 0.29) is 5.54 Å². The van der Waals surface area contributed by atoms with Gasteiger partial charge in [0.05, 0.1) is 7.11 Å². The number of piperidine rings is 1. The van der Waals surface area contributed by atoms with Crippen molar-refractivity contribution in [3.8, 4) is 5.75 Å². The van der Waals surface area contributed by atoms with E-state index in [0.29, 0.717) is 0 Å². The number of nitrogens with zero attached hydrogens (tertiary/aromatic N) is 1. The highest BCUT2D eigenvalue weighted by molar-refractivity contribution is 5.39. The normalized spacial score (nSPS) is 35.0. The van der Waals surface area contributed by atoms with E-state index in [1.165, 1.54) is 43.4 Å². The van der Waals surface area contributed by atoms with E-state index < -0.39 is 0 Å². The second kappa shape index (κ2) is 4.99. The standard InChI is InChI=1S/C18H26N2O/c1-21-17-5-3-14-6-7-18(12-19,10-15(14)9-17)20-11-13-2-4-16(20)8-13/h3,5,9,13,16H,2,4,6-8,10-12,19H2,1H3. The molecule has 2 N–H and O–H groups in total. The molecule has 2 bridgehead atoms. The third-order valence-electron chi connectivity index (χ3n) is 6.19. The van der Waals surface area contributed by atoms with Gasteiger partial charge in [-0.05, 0) is 67.7 Å². The highest BCUT2D eigenvalue weighted by Gasteiger charge is 2.48. The lowest BCUT2D eigenvalue weighted by Crippen LogP contribution is -2.59. The Labute approximate surface area is 127 Å². The zero-order valence-electron chi connectivity index (χ0n) is 13.0. The number of hydrogen-bond donors (Lipinski definition) is 1. The summed E-state index contributed by atoms with van der Waals surface area (Å²) >= 11 is 0. The molecule has 2 aliphatic carbocycles. The number of hydrogen-bond acceptors (Lipinski definition) is 3. The van der Waals surface area contributed by atoms with Gasteiger partial charge in [0.1, 0.15) is 5.75 Å². The lowest BCUT2D eigenvalue weighted by Gasteiger charge is -2.48. The van der Waals surface area contributed by atoms with Crippen molar-refractivity contribution < 1.29 is 4.74 Å². The largest absolute Gasteiger partial charge is 0.497 e. The van der Waals surface area contributed by atoms with Crippen LogP contribution in [0.25, 0.3) is 0 Å². The molecular weight excluding hydrogens is 260 g/mol. The molecule has 0 aromatic heterocycles. The Bertz CT molecular complexity index is 544. The van der Waals surface area contributed by atoms with E-state index in [2.05, 4.69) is 23.1 Å². The van der Waals surface area contributed by atoms with Crippen molar-refractivity contribution in [2.45, 2.75) is 50.1 Å². The van der Waals surface area contributed by atoms with Crippen LogP contribution in [0.15, 0.2) is 18.2 Å². The van der Waals surface area contributed by atoms with E-state index in [0.717, 1.165) is 37.1 Å². The number of benzene rings is 1. The molecule has 114 valence electrons. The maximum atomic E-state index is 6.30. The molecular formula is C18H26N2O. The number of methoxy groups -OCH3 is 1. The lowest BCUT2D eigenvalue weighted by molar-refractivity contribution is 0.0484. The molecule has 0 radical (unpaired) electrons. The summed E-state index contributed by atoms with van der Waals surface area (Å²) in [7, 11) is 1.75. The second-order valence-electron chi connectivity index (χ2n) is 7.23. The summed E-state index contributed by atoms with van der Waals surface area (Å²) in [5.74, 6) is 1.91. The van der Waals surface area contributed by atoms with E-state index >= 15 is 0 Å². The van der Waals surface area contributed by atoms with E-state index in [9.17, 15) is 0 Å². The predicted octanol–water partition coefficient (Wildman–Crippen LogP) is 2.37. The van der Waals surface area contributed by atoms with Crippen molar-refractivity contribution in [1.29, 1.82) is 0 Å². The highest BCUT2D eigenvalue weighted by atomic mass is 16.5. The van der Waals surface area contributed by atoms with Gasteiger partial charge in [0.25, 0.3) is 0 Å². The SMILES string of the molecule is COc1ccc2c(c1)CC(CN)(N1CC3CCC1C3)CC2. The molecule has 1 aromatic carbocycles. The van der Waals surface area contributed by atoms with Gasteiger partial charge in [-0.15, -0.1) is 0 Å². The molecule has 1 aromatic rings. The van der Waals surface area contributed by atoms with E-state index in [1.54, 1.807) is 7.11 Å². The number of ether oxygens (including phenoxy) is 1. The fourth-order valence-electron chi connectivity index (χ4n) is 4.99. The molecule has 3 aliphatic rings. The molecule has 1 saturated carbocycles. The van der Waals surface area contributed by atoms with Crippen molar-refractivity contribution in [2.24, 2.45) is 11.7 Å². The Morgan fingerprint density at radius 3 is 2.90 bits per heavy atom. The minimum Gasteiger partial charge on any atom is -0.497 e. The Morgan fingerprint density at radius 2 is 2.24 bits per heavy atom. The first-order valence-corrected chi connectivity index (χ1v) is 8.37. The van der Waals surface area contributed by atoms with Crippen LogP contribution in [0.4, 0.5) is 0 Å². The molecule has 1 heterocycles. The van der Waals surface area contributed by atoms with Crippen molar-refractivity contribution in [1.82, 2.24) is 4.90 Å². The van der Waals surface area contributed by atoms with Crippen molar-refractivity contribution in [3.63, 3.8) is 0 Å². The van der Waals surface area contributed by atoms with Gasteiger partial charge in [0.15, 0.2) is 0 Å². The first-order chi connectivity index (χ1) is 10.2. The quantitative estimate of drug-likeness (QED) is 0.927. The third kappa shape index (κ3) is 2.09. The van der Waals surface area contributed by atoms with Crippen LogP contribution in [0.1, 0.15) is 36.8 Å². The monoisotopic (exact) mass is 286 g/mol. The van der Waals surface area contributed by atoms with Crippen LogP contribution in [0.3, 0.4) is 0 Å². The first kappa shape index (κ1) is 13.6. The lowest BCUT2D eigenvalue weighted by atomic mass is 9.76. The number of rotatable bonds is 3. The zero-order chi connectivity index (χ0) is 14.4. The fraction of sp³-hybridized carbons (Fsp3) is 0.667. The number of aryl methyl sites for hydroxylation is 1. The van der Waals surface area contributed by atoms with Gasteiger partial charge in [-0.2, -0.15) is 0 Å². The van der Waals surface area contributed by atoms with Gasteiger partial charge in [-0.3, -0.25) is 4.90 Å². The maximum absolute atomic E-state index is 6.30. The molecule has 21 heavy (non-hydrogen) atoms. The van der Waals surface area contributed by atoms with E-state index in [1.807, 2.05) is 0 Å². The van der Waals surface area contributed by atoms with Gasteiger partial charge in [0.2, 0.25) is 0 Å². The average molecular weight is 286 g/mol. The Hall–Kier alpha value is -1.06. The molecule has 3 heteroatoms. The summed E-state index contributed by atoms with van der Waals surface area (Å²) in [5.41, 5.74) is 9.44. The van der Waals surface area contributed by atoms with Crippen LogP contribution < -0.4 is 10.5 Å². The first-order valence-electron chi connectivity index (χ1n) is 8.37. The molecule has 2 fully saturated rings. The van der Waals surface area contributed by atoms with E-state index in [4.69, 9.17) is 10.5 Å². The summed E-state index contributed by atoms with van der Waals surface area (Å²) < 4.78 is 5.41. The van der Waals surface area contributed by atoms with Gasteiger partial charge >= 0.3 is 0 Å². The van der Waals surface area contributed by atoms with Crippen LogP contribution in [0.2, 0.25) is 0 Å². The maximum Gasteiger partial charge on any atom is 0.119 e. The highest BCUT2D eigenvalue weighted by Crippen LogP contribution is 2.45. The van der Waals surface area contributed by atoms with Gasteiger partial charge in [0, 0.05) is 24.7 Å². The molecule has 1 aliphatic heterocycles. The van der Waals surface area contributed by atoms with Crippen LogP contribution in [-0.2, 0) is 12.8 Å². The Balaban J connectivity index is 1.65. The van der Waals surface area contributed by atoms with Crippen LogP contribution in [0, 0.1) is 5.92 Å². The molecule has 0 spiro atoms. The summed E-state index contributed by atoms with van der Waals surface area (Å²) in [6.07, 6.45) is 7.70. The number of likely N-dealkylation sites (tertiary alicyclic amines) is 1. The summed E-state index contributed by atoms with van der Waals surface area (Å²) in [4.78, 5) is 2.78. The number of fused-ring (bicyclic) bond motifs is 3. The summed E-state index contributed by atoms with van der Waals surface area (Å²) in [5, 5.41) is 0. The Morgan fingerprint density at radius 1 is 1.33 bits per heavy atom. The van der Waals surface area contributed by atoms with Gasteiger partial charge in [-0.1, -0.05) is 6.07 Å². The van der Waals surface area contributed by atoms with Crippen LogP contribution in [-0.4, -0.2) is 36.7 Å². The zero-order valence-corrected chi connectivity index (χ0v) is 13.0. The van der Waals surface area contributed by atoms with Crippen molar-refractivity contribution >= 4 is 0 Å². The molecule has 3 nitrogen and oxygen atoms in total. The third-order valence-corrected chi connectivity index (χ3v) is 6.19. The van der Waals surface area contributed by atoms with Crippen molar-refractivity contribution in [2.75, 3.05) is 20.2 Å². The predicted molar refractivity (Wildman–Crippen MR) is 84.6 cm³/mol. The molecule has 4 rings (SSSR count). The van der Waals surface area contributed by atoms with Crippen molar-refractivity contribution in [3.05, 3.63) is 29.3 Å². The van der Waals surface area contributed by atoms with Gasteiger partial charge < -0.3 is 10.5 Å². The topological polar surface area (TPSA) is 38.5 Å². The molecule has 3 unspecified atom stereocenters. The smallest absolute Gasteiger partial charge is 0.119 e. The Kier molecular flexibility index (Phi) is 3.23. The summed E-state index contributed by atoms with van der Waals surface area (Å²) in [6, 6.07) is 7.36. The van der Waals surface area contributed by atoms with Crippen LogP contribution in [0.5, 0.6) is 5.75 Å².